The molecule has 1 aromatic rings. The Labute approximate surface area is 113 Å². The quantitative estimate of drug-likeness (QED) is 0.917. The molecule has 1 fully saturated rings. The molecule has 2 heterocycles. The molecule has 0 unspecified atom stereocenters. The van der Waals surface area contributed by atoms with Crippen LogP contribution in [-0.2, 0) is 10.0 Å². The molecule has 0 aromatic carbocycles. The lowest BCUT2D eigenvalue weighted by atomic mass is 9.98. The molecule has 102 valence electrons. The molecule has 1 aliphatic heterocycles. The number of aryl methyl sites for hydroxylation is 1. The van der Waals surface area contributed by atoms with Crippen molar-refractivity contribution < 1.29 is 8.42 Å². The molecule has 0 radical (unpaired) electrons. The van der Waals surface area contributed by atoms with Crippen molar-refractivity contribution in [2.45, 2.75) is 24.0 Å². The summed E-state index contributed by atoms with van der Waals surface area (Å²) in [6.45, 7) is 4.20. The molecule has 1 saturated heterocycles. The molecule has 0 bridgehead atoms. The summed E-state index contributed by atoms with van der Waals surface area (Å²) in [5, 5.41) is 3.16. The third-order valence-electron chi connectivity index (χ3n) is 3.38. The van der Waals surface area contributed by atoms with Crippen molar-refractivity contribution in [3.05, 3.63) is 17.0 Å². The van der Waals surface area contributed by atoms with E-state index in [0.717, 1.165) is 24.3 Å². The summed E-state index contributed by atoms with van der Waals surface area (Å²) >= 11 is 1.36. The number of nitrogens with zero attached hydrogens (tertiary/aromatic N) is 1. The summed E-state index contributed by atoms with van der Waals surface area (Å²) in [6, 6.07) is 3.58. The summed E-state index contributed by atoms with van der Waals surface area (Å²) in [6.07, 6.45) is 1.90. The predicted molar refractivity (Wildman–Crippen MR) is 74.5 cm³/mol. The molecule has 0 amide bonds. The molecule has 1 aliphatic rings. The van der Waals surface area contributed by atoms with Crippen molar-refractivity contribution in [3.8, 4) is 0 Å². The molecule has 0 aliphatic carbocycles. The van der Waals surface area contributed by atoms with Crippen LogP contribution in [0.5, 0.6) is 0 Å². The monoisotopic (exact) mass is 288 g/mol. The van der Waals surface area contributed by atoms with E-state index in [4.69, 9.17) is 0 Å². The standard InChI is InChI=1S/C12H20N2O2S2/c1-10-3-4-12(17-10)18(15,16)14-7-5-11(6-8-14)9-13-2/h3-4,11,13H,5-9H2,1-2H3. The van der Waals surface area contributed by atoms with Crippen LogP contribution < -0.4 is 5.32 Å². The Hall–Kier alpha value is -0.430. The lowest BCUT2D eigenvalue weighted by Crippen LogP contribution is -2.40. The van der Waals surface area contributed by atoms with Gasteiger partial charge in [0.1, 0.15) is 4.21 Å². The van der Waals surface area contributed by atoms with Gasteiger partial charge < -0.3 is 5.32 Å². The molecule has 0 atom stereocenters. The second-order valence-corrected chi connectivity index (χ2v) is 8.22. The van der Waals surface area contributed by atoms with Crippen molar-refractivity contribution in [3.63, 3.8) is 0 Å². The van der Waals surface area contributed by atoms with E-state index < -0.39 is 10.0 Å². The molecule has 0 spiro atoms. The molecular weight excluding hydrogens is 268 g/mol. The summed E-state index contributed by atoms with van der Waals surface area (Å²) in [7, 11) is -1.31. The van der Waals surface area contributed by atoms with Crippen LogP contribution >= 0.6 is 11.3 Å². The predicted octanol–water partition coefficient (Wildman–Crippen LogP) is 1.68. The highest BCUT2D eigenvalue weighted by Gasteiger charge is 2.29. The van der Waals surface area contributed by atoms with Crippen LogP contribution in [0.3, 0.4) is 0 Å². The van der Waals surface area contributed by atoms with E-state index in [1.807, 2.05) is 20.0 Å². The number of sulfonamides is 1. The molecule has 18 heavy (non-hydrogen) atoms. The fourth-order valence-electron chi connectivity index (χ4n) is 2.32. The molecule has 4 nitrogen and oxygen atoms in total. The fourth-order valence-corrected chi connectivity index (χ4v) is 5.23. The first-order valence-electron chi connectivity index (χ1n) is 6.25. The number of rotatable bonds is 4. The van der Waals surface area contributed by atoms with Gasteiger partial charge >= 0.3 is 0 Å². The van der Waals surface area contributed by atoms with Crippen molar-refractivity contribution >= 4 is 21.4 Å². The van der Waals surface area contributed by atoms with Crippen LogP contribution in [0.2, 0.25) is 0 Å². The Balaban J connectivity index is 2.05. The minimum atomic E-state index is -3.25. The van der Waals surface area contributed by atoms with Gasteiger partial charge in [-0.1, -0.05) is 0 Å². The van der Waals surface area contributed by atoms with Crippen molar-refractivity contribution in [1.29, 1.82) is 0 Å². The fraction of sp³-hybridized carbons (Fsp3) is 0.667. The third-order valence-corrected chi connectivity index (χ3v) is 6.74. The molecule has 1 N–H and O–H groups in total. The highest BCUT2D eigenvalue weighted by molar-refractivity contribution is 7.91. The number of hydrogen-bond acceptors (Lipinski definition) is 4. The van der Waals surface area contributed by atoms with E-state index in [1.165, 1.54) is 11.3 Å². The largest absolute Gasteiger partial charge is 0.319 e. The lowest BCUT2D eigenvalue weighted by Gasteiger charge is -2.30. The Morgan fingerprint density at radius 2 is 2.06 bits per heavy atom. The van der Waals surface area contributed by atoms with Gasteiger partial charge in [0, 0.05) is 18.0 Å². The second-order valence-electron chi connectivity index (χ2n) is 4.77. The normalized spacial score (nSPS) is 19.2. The summed E-state index contributed by atoms with van der Waals surface area (Å²) in [5.74, 6) is 0.603. The van der Waals surface area contributed by atoms with Crippen molar-refractivity contribution in [2.75, 3.05) is 26.7 Å². The van der Waals surface area contributed by atoms with Gasteiger partial charge in [-0.15, -0.1) is 11.3 Å². The molecule has 6 heteroatoms. The molecular formula is C12H20N2O2S2. The van der Waals surface area contributed by atoms with Crippen LogP contribution in [-0.4, -0.2) is 39.4 Å². The molecule has 1 aromatic heterocycles. The number of piperidine rings is 1. The zero-order valence-corrected chi connectivity index (χ0v) is 12.5. The minimum Gasteiger partial charge on any atom is -0.319 e. The van der Waals surface area contributed by atoms with Crippen LogP contribution in [0.1, 0.15) is 17.7 Å². The van der Waals surface area contributed by atoms with Gasteiger partial charge in [-0.2, -0.15) is 4.31 Å². The Morgan fingerprint density at radius 3 is 2.56 bits per heavy atom. The van der Waals surface area contributed by atoms with Crippen LogP contribution in [0, 0.1) is 12.8 Å². The zero-order chi connectivity index (χ0) is 13.2. The first-order valence-corrected chi connectivity index (χ1v) is 8.51. The second kappa shape index (κ2) is 5.69. The van der Waals surface area contributed by atoms with Gasteiger partial charge in [0.05, 0.1) is 0 Å². The van der Waals surface area contributed by atoms with E-state index in [0.29, 0.717) is 23.2 Å². The van der Waals surface area contributed by atoms with Gasteiger partial charge in [0.15, 0.2) is 0 Å². The van der Waals surface area contributed by atoms with Crippen LogP contribution in [0.4, 0.5) is 0 Å². The highest BCUT2D eigenvalue weighted by Crippen LogP contribution is 2.27. The highest BCUT2D eigenvalue weighted by atomic mass is 32.2. The number of nitrogens with one attached hydrogen (secondary N) is 1. The SMILES string of the molecule is CNCC1CCN(S(=O)(=O)c2ccc(C)s2)CC1. The Bertz CT molecular complexity index is 488. The zero-order valence-electron chi connectivity index (χ0n) is 10.8. The molecule has 0 saturated carbocycles. The first kappa shape index (κ1) is 14.0. The summed E-state index contributed by atoms with van der Waals surface area (Å²) in [5.41, 5.74) is 0. The van der Waals surface area contributed by atoms with Crippen LogP contribution in [0.15, 0.2) is 16.3 Å². The Kier molecular flexibility index (Phi) is 4.42. The van der Waals surface area contributed by atoms with Crippen molar-refractivity contribution in [2.24, 2.45) is 5.92 Å². The maximum atomic E-state index is 12.4. The molecule has 2 rings (SSSR count). The van der Waals surface area contributed by atoms with Gasteiger partial charge in [-0.05, 0) is 51.4 Å². The van der Waals surface area contributed by atoms with Gasteiger partial charge in [0.25, 0.3) is 10.0 Å². The maximum absolute atomic E-state index is 12.4. The smallest absolute Gasteiger partial charge is 0.252 e. The average Bonchev–Trinajstić information content (AvgIpc) is 2.78. The van der Waals surface area contributed by atoms with Gasteiger partial charge in [-0.25, -0.2) is 8.42 Å². The van der Waals surface area contributed by atoms with Gasteiger partial charge in [0.2, 0.25) is 0 Å². The summed E-state index contributed by atoms with van der Waals surface area (Å²) < 4.78 is 26.9. The lowest BCUT2D eigenvalue weighted by molar-refractivity contribution is 0.271. The number of hydrogen-bond donors (Lipinski definition) is 1. The van der Waals surface area contributed by atoms with E-state index in [-0.39, 0.29) is 0 Å². The van der Waals surface area contributed by atoms with E-state index in [1.54, 1.807) is 10.4 Å². The maximum Gasteiger partial charge on any atom is 0.252 e. The minimum absolute atomic E-state index is 0.479. The van der Waals surface area contributed by atoms with E-state index in [2.05, 4.69) is 5.32 Å². The third kappa shape index (κ3) is 2.93. The van der Waals surface area contributed by atoms with Gasteiger partial charge in [-0.3, -0.25) is 0 Å². The number of thiophene rings is 1. The average molecular weight is 288 g/mol. The first-order chi connectivity index (χ1) is 8.54. The summed E-state index contributed by atoms with van der Waals surface area (Å²) in [4.78, 5) is 1.04. The Morgan fingerprint density at radius 1 is 1.39 bits per heavy atom. The van der Waals surface area contributed by atoms with Crippen molar-refractivity contribution in [1.82, 2.24) is 9.62 Å². The van der Waals surface area contributed by atoms with E-state index in [9.17, 15) is 8.42 Å². The van der Waals surface area contributed by atoms with Crippen LogP contribution in [0.25, 0.3) is 0 Å². The van der Waals surface area contributed by atoms with E-state index >= 15 is 0 Å². The topological polar surface area (TPSA) is 49.4 Å².